The summed E-state index contributed by atoms with van der Waals surface area (Å²) >= 11 is 11.4. The molecule has 2 aromatic heterocycles. The molecule has 2 saturated heterocycles. The molecule has 0 amide bonds. The van der Waals surface area contributed by atoms with Gasteiger partial charge in [0, 0.05) is 0 Å². The molecule has 7 rings (SSSR count). The van der Waals surface area contributed by atoms with Gasteiger partial charge in [0.1, 0.15) is 0 Å². The maximum atomic E-state index is 11.9. The quantitative estimate of drug-likeness (QED) is 0.115. The van der Waals surface area contributed by atoms with E-state index in [1.807, 2.05) is 36.4 Å². The van der Waals surface area contributed by atoms with Crippen LogP contribution in [0.2, 0.25) is 10.0 Å². The van der Waals surface area contributed by atoms with Crippen LogP contribution in [0.4, 0.5) is 5.69 Å². The number of aromatic nitrogens is 2. The van der Waals surface area contributed by atoms with Gasteiger partial charge in [0.05, 0.1) is 0 Å². The Morgan fingerprint density at radius 1 is 1.08 bits per heavy atom. The fourth-order valence-electron chi connectivity index (χ4n) is 5.64. The number of benzene rings is 2. The summed E-state index contributed by atoms with van der Waals surface area (Å²) in [5, 5.41) is 10.1. The molecule has 39 heavy (non-hydrogen) atoms. The summed E-state index contributed by atoms with van der Waals surface area (Å²) in [5.41, 5.74) is 4.34. The van der Waals surface area contributed by atoms with Crippen LogP contribution in [0.15, 0.2) is 45.4 Å². The zero-order chi connectivity index (χ0) is 26.7. The zero-order valence-corrected chi connectivity index (χ0v) is 24.8. The molecule has 1 saturated carbocycles. The standard InChI is InChI=1S/C28H26Cl2IN3O5/c1-36-28(35)26-19-8-7-18(9-23(19)38-33-26)34-12-16-10-31(11-17(16)13-34)37-14-20-25(32-39-27(20)15-5-6-15)24-21(29)3-2-4-22(24)30/h2-4,7-9,15-17H,5-6,10-14H2,1H3/t16-,17+. The predicted octanol–water partition coefficient (Wildman–Crippen LogP) is 7.16. The molecule has 1 aliphatic carbocycles. The second-order valence-electron chi connectivity index (χ2n) is 10.3. The average molecular weight is 682 g/mol. The van der Waals surface area contributed by atoms with E-state index in [1.165, 1.54) is 7.11 Å². The fourth-order valence-corrected chi connectivity index (χ4v) is 12.4. The Morgan fingerprint density at radius 3 is 2.51 bits per heavy atom. The van der Waals surface area contributed by atoms with Crippen LogP contribution in [-0.2, 0) is 14.4 Å². The first-order valence-corrected chi connectivity index (χ1v) is 17.6. The number of anilines is 1. The first kappa shape index (κ1) is 25.6. The number of carbonyl (C=O) groups excluding carboxylic acids is 1. The molecule has 204 valence electrons. The first-order valence-electron chi connectivity index (χ1n) is 12.9. The molecule has 11 heteroatoms. The molecular weight excluding hydrogens is 656 g/mol. The first-order chi connectivity index (χ1) is 19.0. The van der Waals surface area contributed by atoms with Crippen LogP contribution < -0.4 is 4.90 Å². The van der Waals surface area contributed by atoms with Crippen molar-refractivity contribution in [1.82, 2.24) is 10.3 Å². The SMILES string of the molecule is COC(=O)c1noc2cc(N3C[C@@H]4CI(OCc5c(-c6c(Cl)cccc6Cl)noc5C5CC5)C[C@@H]4C3)ccc12. The maximum absolute atomic E-state index is 11.9. The second-order valence-corrected chi connectivity index (χ2v) is 15.9. The van der Waals surface area contributed by atoms with Gasteiger partial charge in [-0.25, -0.2) is 0 Å². The summed E-state index contributed by atoms with van der Waals surface area (Å²) < 4.78 is 25.0. The van der Waals surface area contributed by atoms with Gasteiger partial charge in [-0.05, 0) is 0 Å². The van der Waals surface area contributed by atoms with E-state index in [0.29, 0.717) is 51.1 Å². The van der Waals surface area contributed by atoms with Gasteiger partial charge in [-0.3, -0.25) is 0 Å². The van der Waals surface area contributed by atoms with Crippen molar-refractivity contribution in [3.8, 4) is 11.3 Å². The monoisotopic (exact) mass is 681 g/mol. The number of fused-ring (bicyclic) bond motifs is 2. The van der Waals surface area contributed by atoms with Crippen molar-refractivity contribution in [2.75, 3.05) is 34.0 Å². The van der Waals surface area contributed by atoms with Gasteiger partial charge < -0.3 is 0 Å². The summed E-state index contributed by atoms with van der Waals surface area (Å²) in [6.07, 6.45) is 2.23. The Kier molecular flexibility index (Phi) is 6.73. The van der Waals surface area contributed by atoms with Crippen molar-refractivity contribution < 1.29 is 21.6 Å². The number of ether oxygens (including phenoxy) is 1. The number of esters is 1. The van der Waals surface area contributed by atoms with E-state index in [2.05, 4.69) is 15.2 Å². The van der Waals surface area contributed by atoms with Crippen LogP contribution >= 0.6 is 43.4 Å². The van der Waals surface area contributed by atoms with E-state index in [4.69, 9.17) is 40.1 Å². The van der Waals surface area contributed by atoms with Crippen LogP contribution in [-0.4, -0.2) is 45.3 Å². The van der Waals surface area contributed by atoms with Gasteiger partial charge in [0.15, 0.2) is 0 Å². The molecule has 0 unspecified atom stereocenters. The molecule has 2 aliphatic heterocycles. The molecule has 0 N–H and O–H groups in total. The molecule has 0 spiro atoms. The molecule has 2 aromatic carbocycles. The number of hydrogen-bond acceptors (Lipinski definition) is 8. The molecule has 3 aliphatic rings. The van der Waals surface area contributed by atoms with Crippen LogP contribution in [0.5, 0.6) is 0 Å². The number of nitrogens with zero attached hydrogens (tertiary/aromatic N) is 3. The third-order valence-corrected chi connectivity index (χ3v) is 13.9. The zero-order valence-electron chi connectivity index (χ0n) is 21.2. The third-order valence-electron chi connectivity index (χ3n) is 7.84. The van der Waals surface area contributed by atoms with E-state index in [1.54, 1.807) is 0 Å². The van der Waals surface area contributed by atoms with E-state index < -0.39 is 26.2 Å². The predicted molar refractivity (Wildman–Crippen MR) is 157 cm³/mol. The second kappa shape index (κ2) is 10.2. The van der Waals surface area contributed by atoms with Gasteiger partial charge in [-0.1, -0.05) is 0 Å². The average Bonchev–Trinajstić information content (AvgIpc) is 3.24. The van der Waals surface area contributed by atoms with E-state index in [0.717, 1.165) is 57.4 Å². The molecule has 0 bridgehead atoms. The summed E-state index contributed by atoms with van der Waals surface area (Å²) in [6, 6.07) is 11.4. The summed E-state index contributed by atoms with van der Waals surface area (Å²) in [5.74, 6) is 2.09. The van der Waals surface area contributed by atoms with Crippen molar-refractivity contribution >= 4 is 66.1 Å². The summed E-state index contributed by atoms with van der Waals surface area (Å²) in [7, 11) is 1.34. The number of hydrogen-bond donors (Lipinski definition) is 0. The molecule has 3 fully saturated rings. The molecule has 2 atom stereocenters. The van der Waals surface area contributed by atoms with Crippen molar-refractivity contribution in [3.63, 3.8) is 0 Å². The Morgan fingerprint density at radius 2 is 1.82 bits per heavy atom. The Balaban J connectivity index is 1.03. The van der Waals surface area contributed by atoms with Crippen LogP contribution in [0.3, 0.4) is 0 Å². The molecule has 4 aromatic rings. The van der Waals surface area contributed by atoms with Gasteiger partial charge in [-0.15, -0.1) is 0 Å². The number of rotatable bonds is 7. The van der Waals surface area contributed by atoms with E-state index in [9.17, 15) is 4.79 Å². The van der Waals surface area contributed by atoms with Crippen molar-refractivity contribution in [2.24, 2.45) is 11.8 Å². The van der Waals surface area contributed by atoms with Crippen molar-refractivity contribution in [1.29, 1.82) is 0 Å². The molecule has 8 nitrogen and oxygen atoms in total. The Bertz CT molecular complexity index is 1530. The van der Waals surface area contributed by atoms with E-state index >= 15 is 0 Å². The van der Waals surface area contributed by atoms with Gasteiger partial charge >= 0.3 is 244 Å². The molecular formula is C28H26Cl2IN3O5. The minimum atomic E-state index is -1.60. The number of alkyl halides is 2. The van der Waals surface area contributed by atoms with Gasteiger partial charge in [0.2, 0.25) is 0 Å². The van der Waals surface area contributed by atoms with E-state index in [-0.39, 0.29) is 5.69 Å². The third kappa shape index (κ3) is 4.71. The van der Waals surface area contributed by atoms with Crippen molar-refractivity contribution in [3.05, 3.63) is 63.5 Å². The van der Waals surface area contributed by atoms with Crippen LogP contribution in [0, 0.1) is 11.8 Å². The molecule has 0 radical (unpaired) electrons. The minimum absolute atomic E-state index is 0.210. The Hall–Kier alpha value is -2.34. The fraction of sp³-hybridized carbons (Fsp3) is 0.393. The Labute approximate surface area is 242 Å². The topological polar surface area (TPSA) is 90.8 Å². The van der Waals surface area contributed by atoms with Crippen LogP contribution in [0.25, 0.3) is 22.2 Å². The number of halogens is 3. The van der Waals surface area contributed by atoms with Gasteiger partial charge in [0.25, 0.3) is 0 Å². The summed E-state index contributed by atoms with van der Waals surface area (Å²) in [6.45, 7) is 2.49. The van der Waals surface area contributed by atoms with Crippen LogP contribution in [0.1, 0.15) is 40.6 Å². The van der Waals surface area contributed by atoms with Gasteiger partial charge in [-0.2, -0.15) is 0 Å². The number of carbonyl (C=O) groups is 1. The normalized spacial score (nSPS) is 21.6. The number of methoxy groups -OCH3 is 1. The van der Waals surface area contributed by atoms with Crippen molar-refractivity contribution in [2.45, 2.75) is 25.4 Å². The molecule has 4 heterocycles. The summed E-state index contributed by atoms with van der Waals surface area (Å²) in [4.78, 5) is 14.3.